The number of para-hydroxylation sites is 1. The maximum atomic E-state index is 13.9. The molecule has 2 heterocycles. The molecule has 1 aliphatic heterocycles. The zero-order valence-electron chi connectivity index (χ0n) is 13.9. The number of halogens is 1. The van der Waals surface area contributed by atoms with Gasteiger partial charge in [0.1, 0.15) is 17.5 Å². The fourth-order valence-electron chi connectivity index (χ4n) is 3.51. The van der Waals surface area contributed by atoms with Gasteiger partial charge in [0.25, 0.3) is 0 Å². The monoisotopic (exact) mass is 347 g/mol. The summed E-state index contributed by atoms with van der Waals surface area (Å²) in [5.74, 6) is -0.986. The van der Waals surface area contributed by atoms with Crippen LogP contribution in [0.3, 0.4) is 0 Å². The van der Waals surface area contributed by atoms with Crippen LogP contribution in [0.5, 0.6) is 5.75 Å². The molecule has 1 atom stereocenters. The van der Waals surface area contributed by atoms with Gasteiger partial charge >= 0.3 is 0 Å². The van der Waals surface area contributed by atoms with Crippen LogP contribution in [-0.4, -0.2) is 10.5 Å². The van der Waals surface area contributed by atoms with Crippen molar-refractivity contribution in [2.24, 2.45) is 5.73 Å². The van der Waals surface area contributed by atoms with Crippen LogP contribution in [0.2, 0.25) is 0 Å². The topological polar surface area (TPSA) is 81.0 Å². The molecular weight excluding hydrogens is 333 g/mol. The number of nitriles is 1. The first-order valence-corrected chi connectivity index (χ1v) is 8.00. The summed E-state index contributed by atoms with van der Waals surface area (Å²) in [5.41, 5.74) is 7.80. The summed E-state index contributed by atoms with van der Waals surface area (Å²) in [6.45, 7) is 1.43. The number of benzene rings is 2. The van der Waals surface area contributed by atoms with Crippen LogP contribution in [0, 0.1) is 17.1 Å². The molecule has 3 aromatic rings. The molecular formula is C20H14FN3O2. The number of aromatic nitrogens is 1. The lowest BCUT2D eigenvalue weighted by Gasteiger charge is -2.25. The maximum Gasteiger partial charge on any atom is 0.228 e. The second kappa shape index (κ2) is 5.74. The van der Waals surface area contributed by atoms with E-state index < -0.39 is 11.7 Å². The highest BCUT2D eigenvalue weighted by molar-refractivity contribution is 5.98. The first-order valence-electron chi connectivity index (χ1n) is 8.00. The molecule has 0 fully saturated rings. The molecule has 1 aliphatic rings. The van der Waals surface area contributed by atoms with Crippen LogP contribution in [0.15, 0.2) is 60.0 Å². The van der Waals surface area contributed by atoms with Crippen molar-refractivity contribution in [2.75, 3.05) is 0 Å². The molecule has 0 unspecified atom stereocenters. The van der Waals surface area contributed by atoms with Crippen LogP contribution >= 0.6 is 0 Å². The number of nitrogens with zero attached hydrogens (tertiary/aromatic N) is 2. The molecule has 2 aromatic carbocycles. The van der Waals surface area contributed by atoms with Crippen LogP contribution in [0.4, 0.5) is 4.39 Å². The van der Waals surface area contributed by atoms with Gasteiger partial charge in [0.2, 0.25) is 11.8 Å². The maximum absolute atomic E-state index is 13.9. The van der Waals surface area contributed by atoms with E-state index in [2.05, 4.69) is 6.07 Å². The molecule has 5 nitrogen and oxygen atoms in total. The number of carbonyl (C=O) groups is 1. The van der Waals surface area contributed by atoms with Gasteiger partial charge in [0.05, 0.1) is 17.1 Å². The van der Waals surface area contributed by atoms with Crippen molar-refractivity contribution in [2.45, 2.75) is 12.8 Å². The van der Waals surface area contributed by atoms with Crippen molar-refractivity contribution < 1.29 is 13.9 Å². The Bertz CT molecular complexity index is 1140. The average molecular weight is 347 g/mol. The summed E-state index contributed by atoms with van der Waals surface area (Å²) in [7, 11) is 0. The largest absolute Gasteiger partial charge is 0.438 e. The molecule has 0 radical (unpaired) electrons. The Balaban J connectivity index is 2.13. The lowest BCUT2D eigenvalue weighted by atomic mass is 9.87. The first-order chi connectivity index (χ1) is 12.5. The molecule has 128 valence electrons. The van der Waals surface area contributed by atoms with Gasteiger partial charge in [-0.05, 0) is 29.8 Å². The van der Waals surface area contributed by atoms with Crippen LogP contribution in [0.25, 0.3) is 10.9 Å². The zero-order chi connectivity index (χ0) is 18.4. The minimum absolute atomic E-state index is 0.0410. The van der Waals surface area contributed by atoms with Gasteiger partial charge in [-0.2, -0.15) is 5.26 Å². The molecule has 0 amide bonds. The smallest absolute Gasteiger partial charge is 0.228 e. The summed E-state index contributed by atoms with van der Waals surface area (Å²) >= 11 is 0. The van der Waals surface area contributed by atoms with Crippen molar-refractivity contribution in [1.82, 2.24) is 4.57 Å². The van der Waals surface area contributed by atoms with Crippen molar-refractivity contribution >= 4 is 16.8 Å². The van der Waals surface area contributed by atoms with Crippen molar-refractivity contribution in [1.29, 1.82) is 5.26 Å². The van der Waals surface area contributed by atoms with Crippen molar-refractivity contribution in [3.63, 3.8) is 0 Å². The number of nitrogens with two attached hydrogens (primary N) is 1. The molecule has 6 heteroatoms. The number of fused-ring (bicyclic) bond motifs is 3. The summed E-state index contributed by atoms with van der Waals surface area (Å²) in [6.07, 6.45) is 0. The lowest BCUT2D eigenvalue weighted by molar-refractivity contribution is 0.0937. The molecule has 0 saturated heterocycles. The molecule has 0 saturated carbocycles. The highest BCUT2D eigenvalue weighted by atomic mass is 19.1. The van der Waals surface area contributed by atoms with Gasteiger partial charge in [0.15, 0.2) is 5.75 Å². The number of ether oxygens (including phenoxy) is 1. The van der Waals surface area contributed by atoms with E-state index in [-0.39, 0.29) is 17.4 Å². The van der Waals surface area contributed by atoms with E-state index in [1.807, 2.05) is 18.2 Å². The third-order valence-electron chi connectivity index (χ3n) is 4.52. The Morgan fingerprint density at radius 1 is 1.27 bits per heavy atom. The lowest BCUT2D eigenvalue weighted by Crippen LogP contribution is -2.24. The number of rotatable bonds is 1. The third-order valence-corrected chi connectivity index (χ3v) is 4.52. The Labute approximate surface area is 148 Å². The number of allylic oxidation sites excluding steroid dienone is 1. The molecule has 26 heavy (non-hydrogen) atoms. The van der Waals surface area contributed by atoms with Gasteiger partial charge in [-0.15, -0.1) is 0 Å². The standard InChI is InChI=1S/C20H14FN3O2/c1-11(25)24-16-8-3-2-7-14(16)19-18(24)17(15(10-22)20(23)26-19)12-5-4-6-13(21)9-12/h2-9,17H,23H2,1H3/t17-/m1/s1. The summed E-state index contributed by atoms with van der Waals surface area (Å²) in [6, 6.07) is 15.2. The van der Waals surface area contributed by atoms with Crippen LogP contribution in [0.1, 0.15) is 28.9 Å². The minimum Gasteiger partial charge on any atom is -0.438 e. The number of carbonyl (C=O) groups excluding carboxylic acids is 1. The van der Waals surface area contributed by atoms with Crippen LogP contribution in [-0.2, 0) is 0 Å². The van der Waals surface area contributed by atoms with Gasteiger partial charge in [0, 0.05) is 12.3 Å². The molecule has 2 N–H and O–H groups in total. The fraction of sp³-hybridized carbons (Fsp3) is 0.100. The van der Waals surface area contributed by atoms with E-state index in [0.29, 0.717) is 27.9 Å². The third kappa shape index (κ3) is 2.18. The fourth-order valence-corrected chi connectivity index (χ4v) is 3.51. The minimum atomic E-state index is -0.698. The van der Waals surface area contributed by atoms with Gasteiger partial charge < -0.3 is 10.5 Å². The van der Waals surface area contributed by atoms with E-state index in [9.17, 15) is 14.4 Å². The Morgan fingerprint density at radius 3 is 2.73 bits per heavy atom. The van der Waals surface area contributed by atoms with Gasteiger partial charge in [-0.25, -0.2) is 4.39 Å². The van der Waals surface area contributed by atoms with E-state index >= 15 is 0 Å². The van der Waals surface area contributed by atoms with E-state index in [0.717, 1.165) is 0 Å². The normalized spacial score (nSPS) is 16.1. The average Bonchev–Trinajstić information content (AvgIpc) is 2.94. The Hall–Kier alpha value is -3.59. The SMILES string of the molecule is CC(=O)n1c2c(c3ccccc31)OC(N)=C(C#N)[C@H]2c1cccc(F)c1. The summed E-state index contributed by atoms with van der Waals surface area (Å²) in [5, 5.41) is 10.3. The highest BCUT2D eigenvalue weighted by Crippen LogP contribution is 2.47. The Kier molecular flexibility index (Phi) is 3.51. The summed E-state index contributed by atoms with van der Waals surface area (Å²) in [4.78, 5) is 12.4. The van der Waals surface area contributed by atoms with Crippen molar-refractivity contribution in [3.8, 4) is 11.8 Å². The first kappa shape index (κ1) is 15.9. The number of hydrogen-bond acceptors (Lipinski definition) is 4. The second-order valence-electron chi connectivity index (χ2n) is 6.07. The van der Waals surface area contributed by atoms with Gasteiger partial charge in [-0.1, -0.05) is 24.3 Å². The zero-order valence-corrected chi connectivity index (χ0v) is 13.9. The molecule has 0 aliphatic carbocycles. The molecule has 0 bridgehead atoms. The summed E-state index contributed by atoms with van der Waals surface area (Å²) < 4.78 is 21.1. The van der Waals surface area contributed by atoms with E-state index in [4.69, 9.17) is 10.5 Å². The van der Waals surface area contributed by atoms with Gasteiger partial charge in [-0.3, -0.25) is 9.36 Å². The number of hydrogen-bond donors (Lipinski definition) is 1. The Morgan fingerprint density at radius 2 is 2.04 bits per heavy atom. The van der Waals surface area contributed by atoms with E-state index in [1.165, 1.54) is 23.6 Å². The van der Waals surface area contributed by atoms with Crippen LogP contribution < -0.4 is 10.5 Å². The predicted octanol–water partition coefficient (Wildman–Crippen LogP) is 3.66. The van der Waals surface area contributed by atoms with E-state index in [1.54, 1.807) is 18.2 Å². The quantitative estimate of drug-likeness (QED) is 0.728. The van der Waals surface area contributed by atoms with Crippen molar-refractivity contribution in [3.05, 3.63) is 77.1 Å². The predicted molar refractivity (Wildman–Crippen MR) is 93.9 cm³/mol. The molecule has 1 aromatic heterocycles. The second-order valence-corrected chi connectivity index (χ2v) is 6.07. The highest BCUT2D eigenvalue weighted by Gasteiger charge is 2.37. The molecule has 0 spiro atoms. The molecule has 4 rings (SSSR count).